The fourth-order valence-electron chi connectivity index (χ4n) is 0. The quantitative estimate of drug-likeness (QED) is 0.549. The average Bonchev–Trinajstić information content (AvgIpc) is 1.65. The molecule has 0 heterocycles. The van der Waals surface area contributed by atoms with Gasteiger partial charge in [-0.15, -0.1) is 35.8 Å². The third kappa shape index (κ3) is 116. The maximum Gasteiger partial charge on any atom is 0.425 e. The summed E-state index contributed by atoms with van der Waals surface area (Å²) in [5.74, 6) is 1.11. The smallest absolute Gasteiger partial charge is 0.142 e. The van der Waals surface area contributed by atoms with Crippen molar-refractivity contribution >= 4 is 33.8 Å². The normalized spacial score (nSPS) is 6.75. The first kappa shape index (κ1) is 11.1. The van der Waals surface area contributed by atoms with Crippen LogP contribution in [-0.2, 0) is 10.6 Å². The molecule has 0 aliphatic heterocycles. The van der Waals surface area contributed by atoms with E-state index in [1.54, 1.807) is 0 Å². The molecule has 0 saturated carbocycles. The zero-order valence-corrected chi connectivity index (χ0v) is 6.13. The van der Waals surface area contributed by atoms with Crippen molar-refractivity contribution in [2.24, 2.45) is 0 Å². The SMILES string of the molecule is ClCCCl.O=S(=O)=O. The molecule has 0 bridgehead atoms. The molecule has 0 N–H and O–H groups in total. The van der Waals surface area contributed by atoms with Crippen LogP contribution in [0.2, 0.25) is 0 Å². The minimum absolute atomic E-state index is 0.557. The van der Waals surface area contributed by atoms with Crippen molar-refractivity contribution in [3.05, 3.63) is 0 Å². The predicted molar refractivity (Wildman–Crippen MR) is 31.1 cm³/mol. The van der Waals surface area contributed by atoms with Crippen molar-refractivity contribution in [2.45, 2.75) is 0 Å². The van der Waals surface area contributed by atoms with Gasteiger partial charge in [0.2, 0.25) is 0 Å². The van der Waals surface area contributed by atoms with Crippen LogP contribution < -0.4 is 0 Å². The summed E-state index contributed by atoms with van der Waals surface area (Å²) in [5.41, 5.74) is 0. The fraction of sp³-hybridized carbons (Fsp3) is 1.00. The monoisotopic (exact) mass is 178 g/mol. The Morgan fingerprint density at radius 2 is 1.12 bits per heavy atom. The molecule has 0 aromatic carbocycles. The number of alkyl halides is 2. The maximum atomic E-state index is 8.44. The molecule has 0 fully saturated rings. The lowest BCUT2D eigenvalue weighted by Gasteiger charge is -1.63. The van der Waals surface area contributed by atoms with E-state index >= 15 is 0 Å². The van der Waals surface area contributed by atoms with Crippen LogP contribution in [0.3, 0.4) is 0 Å². The molecule has 0 spiro atoms. The molecular formula is C2H4Cl2O3S. The Labute approximate surface area is 58.7 Å². The molecule has 0 unspecified atom stereocenters. The molecule has 0 atom stereocenters. The van der Waals surface area contributed by atoms with Crippen molar-refractivity contribution < 1.29 is 12.6 Å². The molecule has 0 saturated heterocycles. The third-order valence-corrected chi connectivity index (χ3v) is 0.643. The molecule has 6 heteroatoms. The van der Waals surface area contributed by atoms with Crippen LogP contribution in [0.4, 0.5) is 0 Å². The van der Waals surface area contributed by atoms with Crippen LogP contribution in [0.25, 0.3) is 0 Å². The zero-order valence-electron chi connectivity index (χ0n) is 3.80. The number of halogens is 2. The molecule has 0 rings (SSSR count). The Morgan fingerprint density at radius 1 is 1.00 bits per heavy atom. The van der Waals surface area contributed by atoms with Crippen molar-refractivity contribution in [1.29, 1.82) is 0 Å². The molecule has 0 aromatic heterocycles. The van der Waals surface area contributed by atoms with E-state index in [1.807, 2.05) is 0 Å². The van der Waals surface area contributed by atoms with Gasteiger partial charge in [0.1, 0.15) is 0 Å². The van der Waals surface area contributed by atoms with Gasteiger partial charge in [-0.1, -0.05) is 0 Å². The van der Waals surface area contributed by atoms with E-state index in [9.17, 15) is 0 Å². The summed E-state index contributed by atoms with van der Waals surface area (Å²) >= 11 is 10.1. The Morgan fingerprint density at radius 3 is 1.12 bits per heavy atom. The molecule has 0 radical (unpaired) electrons. The van der Waals surface area contributed by atoms with Crippen LogP contribution in [0, 0.1) is 0 Å². The summed E-state index contributed by atoms with van der Waals surface area (Å²) in [6, 6.07) is 0. The Kier molecular flexibility index (Phi) is 14.1. The van der Waals surface area contributed by atoms with E-state index < -0.39 is 10.6 Å². The Hall–Kier alpha value is 0.200. The molecule has 0 aromatic rings. The lowest BCUT2D eigenvalue weighted by atomic mass is 11.0. The molecule has 50 valence electrons. The average molecular weight is 179 g/mol. The number of hydrogen-bond donors (Lipinski definition) is 0. The molecule has 0 aliphatic carbocycles. The van der Waals surface area contributed by atoms with Gasteiger partial charge in [-0.25, -0.2) is 0 Å². The van der Waals surface area contributed by atoms with E-state index in [2.05, 4.69) is 0 Å². The Balaban J connectivity index is 0. The minimum atomic E-state index is -3.11. The van der Waals surface area contributed by atoms with E-state index in [0.29, 0.717) is 11.8 Å². The van der Waals surface area contributed by atoms with E-state index in [1.165, 1.54) is 0 Å². The first-order chi connectivity index (χ1) is 3.65. The first-order valence-electron chi connectivity index (χ1n) is 1.53. The van der Waals surface area contributed by atoms with Crippen molar-refractivity contribution in [3.8, 4) is 0 Å². The van der Waals surface area contributed by atoms with E-state index in [0.717, 1.165) is 0 Å². The van der Waals surface area contributed by atoms with E-state index in [4.69, 9.17) is 35.8 Å². The van der Waals surface area contributed by atoms with Gasteiger partial charge in [-0.2, -0.15) is 0 Å². The van der Waals surface area contributed by atoms with Gasteiger partial charge < -0.3 is 0 Å². The highest BCUT2D eigenvalue weighted by molar-refractivity contribution is 7.59. The lowest BCUT2D eigenvalue weighted by molar-refractivity contribution is 0.559. The van der Waals surface area contributed by atoms with Gasteiger partial charge in [0.15, 0.2) is 0 Å². The molecular weight excluding hydrogens is 175 g/mol. The molecule has 0 aliphatic rings. The highest BCUT2D eigenvalue weighted by Crippen LogP contribution is 1.75. The highest BCUT2D eigenvalue weighted by Gasteiger charge is 1.61. The third-order valence-electron chi connectivity index (χ3n) is 0.0714. The van der Waals surface area contributed by atoms with Gasteiger partial charge in [-0.3, -0.25) is 0 Å². The summed E-state index contributed by atoms with van der Waals surface area (Å²) in [5, 5.41) is 0. The molecule has 0 amide bonds. The Bertz CT molecular complexity index is 104. The molecule has 3 nitrogen and oxygen atoms in total. The van der Waals surface area contributed by atoms with Crippen LogP contribution in [0.15, 0.2) is 0 Å². The minimum Gasteiger partial charge on any atom is -0.142 e. The van der Waals surface area contributed by atoms with Crippen LogP contribution in [0.5, 0.6) is 0 Å². The topological polar surface area (TPSA) is 51.2 Å². The first-order valence-corrected chi connectivity index (χ1v) is 3.60. The fourth-order valence-corrected chi connectivity index (χ4v) is 0. The van der Waals surface area contributed by atoms with E-state index in [-0.39, 0.29) is 0 Å². The number of rotatable bonds is 1. The second kappa shape index (κ2) is 10.2. The van der Waals surface area contributed by atoms with Crippen LogP contribution in [-0.4, -0.2) is 24.4 Å². The second-order valence-corrected chi connectivity index (χ2v) is 1.75. The van der Waals surface area contributed by atoms with Crippen molar-refractivity contribution in [1.82, 2.24) is 0 Å². The van der Waals surface area contributed by atoms with Gasteiger partial charge in [0.05, 0.1) is 0 Å². The maximum absolute atomic E-state index is 8.44. The van der Waals surface area contributed by atoms with Gasteiger partial charge >= 0.3 is 10.6 Å². The predicted octanol–water partition coefficient (Wildman–Crippen LogP) is 0.460. The number of hydrogen-bond acceptors (Lipinski definition) is 3. The summed E-state index contributed by atoms with van der Waals surface area (Å²) in [6.45, 7) is 0. The van der Waals surface area contributed by atoms with Gasteiger partial charge in [0, 0.05) is 11.8 Å². The standard InChI is InChI=1S/C2H4Cl2.O3S/c3-1-2-4;1-4(2)3/h1-2H2;. The summed E-state index contributed by atoms with van der Waals surface area (Å²) in [4.78, 5) is 0. The van der Waals surface area contributed by atoms with Crippen LogP contribution in [0.1, 0.15) is 0 Å². The summed E-state index contributed by atoms with van der Waals surface area (Å²) < 4.78 is 25.3. The lowest BCUT2D eigenvalue weighted by Crippen LogP contribution is -1.63. The highest BCUT2D eigenvalue weighted by atomic mass is 35.5. The summed E-state index contributed by atoms with van der Waals surface area (Å²) in [7, 11) is -3.11. The molecule has 8 heavy (non-hydrogen) atoms. The summed E-state index contributed by atoms with van der Waals surface area (Å²) in [6.07, 6.45) is 0. The second-order valence-electron chi connectivity index (χ2n) is 0.582. The zero-order chi connectivity index (χ0) is 6.99. The van der Waals surface area contributed by atoms with Crippen LogP contribution >= 0.6 is 23.2 Å². The van der Waals surface area contributed by atoms with Gasteiger partial charge in [-0.05, 0) is 0 Å². The van der Waals surface area contributed by atoms with Gasteiger partial charge in [0.25, 0.3) is 0 Å². The van der Waals surface area contributed by atoms with Crippen molar-refractivity contribution in [2.75, 3.05) is 11.8 Å². The van der Waals surface area contributed by atoms with Crippen molar-refractivity contribution in [3.63, 3.8) is 0 Å². The largest absolute Gasteiger partial charge is 0.425 e.